The van der Waals surface area contributed by atoms with Crippen LogP contribution in [0.5, 0.6) is 0 Å². The minimum absolute atomic E-state index is 0.0337. The Bertz CT molecular complexity index is 480. The van der Waals surface area contributed by atoms with Crippen LogP contribution in [0.4, 0.5) is 0 Å². The summed E-state index contributed by atoms with van der Waals surface area (Å²) >= 11 is 0. The summed E-state index contributed by atoms with van der Waals surface area (Å²) in [5.41, 5.74) is 9.05. The van der Waals surface area contributed by atoms with E-state index in [0.29, 0.717) is 5.96 Å². The van der Waals surface area contributed by atoms with Gasteiger partial charge in [0.15, 0.2) is 5.96 Å². The molecule has 96 valence electrons. The monoisotopic (exact) mass is 243 g/mol. The summed E-state index contributed by atoms with van der Waals surface area (Å²) in [5.74, 6) is 0.717. The number of hydrogen-bond acceptors (Lipinski definition) is 3. The van der Waals surface area contributed by atoms with Gasteiger partial charge >= 0.3 is 0 Å². The first-order chi connectivity index (χ1) is 8.78. The van der Waals surface area contributed by atoms with Crippen LogP contribution in [0.3, 0.4) is 0 Å². The Kier molecular flexibility index (Phi) is 2.77. The molecule has 3 heteroatoms. The summed E-state index contributed by atoms with van der Waals surface area (Å²) in [7, 11) is 0. The van der Waals surface area contributed by atoms with Crippen LogP contribution >= 0.6 is 0 Å². The number of nitrogens with two attached hydrogens (primary N) is 1. The van der Waals surface area contributed by atoms with Gasteiger partial charge in [0, 0.05) is 6.54 Å². The van der Waals surface area contributed by atoms with E-state index < -0.39 is 0 Å². The van der Waals surface area contributed by atoms with Gasteiger partial charge in [-0.15, -0.1) is 0 Å². The van der Waals surface area contributed by atoms with Crippen LogP contribution in [0.2, 0.25) is 0 Å². The van der Waals surface area contributed by atoms with E-state index in [-0.39, 0.29) is 5.54 Å². The van der Waals surface area contributed by atoms with Gasteiger partial charge in [-0.3, -0.25) is 4.99 Å². The molecule has 1 aliphatic heterocycles. The molecule has 1 unspecified atom stereocenters. The van der Waals surface area contributed by atoms with Crippen LogP contribution in [0.1, 0.15) is 37.3 Å². The highest BCUT2D eigenvalue weighted by Gasteiger charge is 2.44. The molecule has 1 heterocycles. The van der Waals surface area contributed by atoms with E-state index >= 15 is 0 Å². The lowest BCUT2D eigenvalue weighted by Gasteiger charge is -2.39. The van der Waals surface area contributed by atoms with Crippen LogP contribution in [0.15, 0.2) is 29.3 Å². The van der Waals surface area contributed by atoms with Crippen LogP contribution in [0.25, 0.3) is 0 Å². The first-order valence-corrected chi connectivity index (χ1v) is 6.94. The second kappa shape index (κ2) is 4.30. The molecule has 2 aliphatic rings. The third-order valence-corrected chi connectivity index (χ3v) is 4.42. The van der Waals surface area contributed by atoms with Crippen molar-refractivity contribution in [1.82, 2.24) is 4.90 Å². The van der Waals surface area contributed by atoms with Crippen molar-refractivity contribution in [1.29, 1.82) is 0 Å². The summed E-state index contributed by atoms with van der Waals surface area (Å²) in [6.07, 6.45) is 4.89. The van der Waals surface area contributed by atoms with Crippen molar-refractivity contribution in [2.24, 2.45) is 10.7 Å². The number of hydrogen-bond donors (Lipinski definition) is 1. The van der Waals surface area contributed by atoms with Crippen molar-refractivity contribution in [3.8, 4) is 0 Å². The van der Waals surface area contributed by atoms with Gasteiger partial charge in [0.25, 0.3) is 0 Å². The van der Waals surface area contributed by atoms with Crippen LogP contribution in [-0.2, 0) is 12.0 Å². The number of aliphatic imine (C=N–C) groups is 1. The van der Waals surface area contributed by atoms with Crippen molar-refractivity contribution in [3.63, 3.8) is 0 Å². The quantitative estimate of drug-likeness (QED) is 0.822. The Balaban J connectivity index is 2.12. The zero-order valence-corrected chi connectivity index (χ0v) is 11.0. The fraction of sp³-hybridized carbons (Fsp3) is 0.533. The van der Waals surface area contributed by atoms with E-state index in [9.17, 15) is 0 Å². The normalized spacial score (nSPS) is 26.9. The molecule has 1 aromatic rings. The van der Waals surface area contributed by atoms with Gasteiger partial charge in [0.05, 0.1) is 12.1 Å². The standard InChI is InChI=1S/C15H21N3/c1-2-18-14(16)17-11-15(18)10-6-5-8-12-7-3-4-9-13(12)15/h3-4,7,9H,2,5-6,8,10-11H2,1H3,(H2,16,17). The molecule has 0 bridgehead atoms. The van der Waals surface area contributed by atoms with Gasteiger partial charge < -0.3 is 10.6 Å². The molecule has 2 N–H and O–H groups in total. The molecule has 1 aliphatic carbocycles. The van der Waals surface area contributed by atoms with E-state index in [4.69, 9.17) is 5.73 Å². The minimum Gasteiger partial charge on any atom is -0.370 e. The zero-order chi connectivity index (χ0) is 12.6. The van der Waals surface area contributed by atoms with E-state index in [1.165, 1.54) is 36.8 Å². The van der Waals surface area contributed by atoms with Crippen molar-refractivity contribution >= 4 is 5.96 Å². The van der Waals surface area contributed by atoms with E-state index in [1.807, 2.05) is 0 Å². The Labute approximate surface area is 109 Å². The summed E-state index contributed by atoms with van der Waals surface area (Å²) < 4.78 is 0. The Hall–Kier alpha value is -1.51. The molecule has 0 radical (unpaired) electrons. The maximum absolute atomic E-state index is 6.08. The predicted octanol–water partition coefficient (Wildman–Crippen LogP) is 2.26. The number of fused-ring (bicyclic) bond motifs is 2. The lowest BCUT2D eigenvalue weighted by atomic mass is 9.83. The highest BCUT2D eigenvalue weighted by molar-refractivity contribution is 5.81. The molecule has 0 saturated heterocycles. The van der Waals surface area contributed by atoms with E-state index in [2.05, 4.69) is 41.1 Å². The number of aryl methyl sites for hydroxylation is 1. The van der Waals surface area contributed by atoms with Gasteiger partial charge in [0.1, 0.15) is 0 Å². The fourth-order valence-electron chi connectivity index (χ4n) is 3.57. The second-order valence-electron chi connectivity index (χ2n) is 5.31. The first-order valence-electron chi connectivity index (χ1n) is 6.94. The average molecular weight is 243 g/mol. The van der Waals surface area contributed by atoms with Crippen LogP contribution < -0.4 is 5.73 Å². The van der Waals surface area contributed by atoms with Crippen LogP contribution in [-0.4, -0.2) is 23.9 Å². The Morgan fingerprint density at radius 3 is 3.00 bits per heavy atom. The zero-order valence-electron chi connectivity index (χ0n) is 11.0. The molecular weight excluding hydrogens is 222 g/mol. The number of rotatable bonds is 1. The summed E-state index contributed by atoms with van der Waals surface area (Å²) in [6.45, 7) is 3.93. The third-order valence-electron chi connectivity index (χ3n) is 4.42. The molecule has 3 nitrogen and oxygen atoms in total. The highest BCUT2D eigenvalue weighted by atomic mass is 15.4. The van der Waals surface area contributed by atoms with Crippen LogP contribution in [0, 0.1) is 0 Å². The van der Waals surface area contributed by atoms with Crippen molar-refractivity contribution in [2.75, 3.05) is 13.1 Å². The number of guanidine groups is 1. The van der Waals surface area contributed by atoms with Crippen molar-refractivity contribution in [3.05, 3.63) is 35.4 Å². The van der Waals surface area contributed by atoms with E-state index in [0.717, 1.165) is 13.1 Å². The Morgan fingerprint density at radius 2 is 2.17 bits per heavy atom. The second-order valence-corrected chi connectivity index (χ2v) is 5.31. The first kappa shape index (κ1) is 11.6. The van der Waals surface area contributed by atoms with Gasteiger partial charge in [-0.25, -0.2) is 0 Å². The molecule has 0 amide bonds. The van der Waals surface area contributed by atoms with Crippen molar-refractivity contribution < 1.29 is 0 Å². The topological polar surface area (TPSA) is 41.6 Å². The van der Waals surface area contributed by atoms with Gasteiger partial charge in [-0.2, -0.15) is 0 Å². The highest BCUT2D eigenvalue weighted by Crippen LogP contribution is 2.41. The fourth-order valence-corrected chi connectivity index (χ4v) is 3.57. The molecule has 1 spiro atoms. The minimum atomic E-state index is 0.0337. The maximum atomic E-state index is 6.08. The van der Waals surface area contributed by atoms with Gasteiger partial charge in [0.2, 0.25) is 0 Å². The maximum Gasteiger partial charge on any atom is 0.192 e. The van der Waals surface area contributed by atoms with Crippen molar-refractivity contribution in [2.45, 2.75) is 38.1 Å². The number of nitrogens with zero attached hydrogens (tertiary/aromatic N) is 2. The third kappa shape index (κ3) is 1.53. The molecule has 18 heavy (non-hydrogen) atoms. The number of likely N-dealkylation sites (N-methyl/N-ethyl adjacent to an activating group) is 1. The van der Waals surface area contributed by atoms with Gasteiger partial charge in [-0.1, -0.05) is 30.7 Å². The number of benzene rings is 1. The predicted molar refractivity (Wildman–Crippen MR) is 74.5 cm³/mol. The lowest BCUT2D eigenvalue weighted by molar-refractivity contribution is 0.192. The van der Waals surface area contributed by atoms with E-state index in [1.54, 1.807) is 0 Å². The lowest BCUT2D eigenvalue weighted by Crippen LogP contribution is -2.49. The molecule has 1 aromatic carbocycles. The average Bonchev–Trinajstić information content (AvgIpc) is 2.60. The molecule has 0 fully saturated rings. The summed E-state index contributed by atoms with van der Waals surface area (Å²) in [5, 5.41) is 0. The smallest absolute Gasteiger partial charge is 0.192 e. The largest absolute Gasteiger partial charge is 0.370 e. The summed E-state index contributed by atoms with van der Waals surface area (Å²) in [6, 6.07) is 8.84. The molecule has 1 atom stereocenters. The molecule has 0 saturated carbocycles. The molecule has 3 rings (SSSR count). The van der Waals surface area contributed by atoms with Gasteiger partial charge in [-0.05, 0) is 37.3 Å². The molecule has 0 aromatic heterocycles. The molecular formula is C15H21N3. The summed E-state index contributed by atoms with van der Waals surface area (Å²) in [4.78, 5) is 6.83. The Morgan fingerprint density at radius 1 is 1.33 bits per heavy atom. The SMILES string of the molecule is CCN1C(N)=NCC12CCCCc1ccccc12.